The molecule has 1 N–H and O–H groups in total. The normalized spacial score (nSPS) is 11.8. The largest absolute Gasteiger partial charge is 0.271 e. The summed E-state index contributed by atoms with van der Waals surface area (Å²) in [5, 5.41) is 4.10. The molecule has 0 saturated carbocycles. The Morgan fingerprint density at radius 1 is 0.970 bits per heavy atom. The molecular formula is C25H26FN3O3S. The molecule has 3 rings (SSSR count). The first-order chi connectivity index (χ1) is 15.8. The highest BCUT2D eigenvalue weighted by Crippen LogP contribution is 2.24. The zero-order chi connectivity index (χ0) is 23.8. The Balaban J connectivity index is 1.75. The molecule has 0 fully saturated rings. The Morgan fingerprint density at radius 3 is 2.24 bits per heavy atom. The highest BCUT2D eigenvalue weighted by atomic mass is 32.2. The summed E-state index contributed by atoms with van der Waals surface area (Å²) in [6, 6.07) is 21.2. The van der Waals surface area contributed by atoms with E-state index in [0.29, 0.717) is 12.1 Å². The van der Waals surface area contributed by atoms with Crippen molar-refractivity contribution in [1.82, 2.24) is 5.43 Å². The van der Waals surface area contributed by atoms with E-state index in [-0.39, 0.29) is 10.6 Å². The van der Waals surface area contributed by atoms with Crippen molar-refractivity contribution >= 4 is 27.3 Å². The second-order valence-electron chi connectivity index (χ2n) is 7.67. The smallest absolute Gasteiger partial charge is 0.264 e. The van der Waals surface area contributed by atoms with Crippen molar-refractivity contribution in [2.45, 2.75) is 31.6 Å². The lowest BCUT2D eigenvalue weighted by Crippen LogP contribution is -2.39. The number of carbonyl (C=O) groups is 1. The number of hydrazone groups is 1. The molecule has 3 aromatic rings. The van der Waals surface area contributed by atoms with Crippen LogP contribution >= 0.6 is 0 Å². The van der Waals surface area contributed by atoms with Crippen molar-refractivity contribution in [1.29, 1.82) is 0 Å². The molecule has 33 heavy (non-hydrogen) atoms. The van der Waals surface area contributed by atoms with Crippen LogP contribution in [0.15, 0.2) is 88.9 Å². The van der Waals surface area contributed by atoms with Crippen molar-refractivity contribution in [3.05, 3.63) is 95.8 Å². The number of aryl methyl sites for hydroxylation is 2. The van der Waals surface area contributed by atoms with Gasteiger partial charge < -0.3 is 0 Å². The number of hydrogen-bond acceptors (Lipinski definition) is 4. The summed E-state index contributed by atoms with van der Waals surface area (Å²) in [7, 11) is -4.06. The van der Waals surface area contributed by atoms with Crippen LogP contribution in [0.4, 0.5) is 10.1 Å². The lowest BCUT2D eigenvalue weighted by Gasteiger charge is -2.23. The number of halogens is 1. The van der Waals surface area contributed by atoms with Crippen molar-refractivity contribution in [3.63, 3.8) is 0 Å². The fourth-order valence-corrected chi connectivity index (χ4v) is 4.53. The first-order valence-corrected chi connectivity index (χ1v) is 11.9. The summed E-state index contributed by atoms with van der Waals surface area (Å²) in [5.74, 6) is -1.11. The minimum atomic E-state index is -4.06. The average molecular weight is 468 g/mol. The summed E-state index contributed by atoms with van der Waals surface area (Å²) in [6.07, 6.45) is 1.42. The minimum Gasteiger partial charge on any atom is -0.271 e. The fraction of sp³-hybridized carbons (Fsp3) is 0.200. The minimum absolute atomic E-state index is 0.0350. The summed E-state index contributed by atoms with van der Waals surface area (Å²) < 4.78 is 40.9. The van der Waals surface area contributed by atoms with Gasteiger partial charge in [0.15, 0.2) is 0 Å². The predicted molar refractivity (Wildman–Crippen MR) is 128 cm³/mol. The van der Waals surface area contributed by atoms with E-state index in [1.54, 1.807) is 19.1 Å². The number of nitrogens with one attached hydrogen (secondary N) is 1. The van der Waals surface area contributed by atoms with E-state index in [1.807, 2.05) is 37.3 Å². The number of amides is 1. The molecule has 0 heterocycles. The van der Waals surface area contributed by atoms with E-state index in [0.717, 1.165) is 34.0 Å². The Morgan fingerprint density at radius 2 is 1.61 bits per heavy atom. The Hall–Kier alpha value is -3.52. The van der Waals surface area contributed by atoms with Gasteiger partial charge in [-0.05, 0) is 68.7 Å². The highest BCUT2D eigenvalue weighted by Gasteiger charge is 2.27. The molecule has 1 amide bonds. The quantitative estimate of drug-likeness (QED) is 0.373. The number of benzene rings is 3. The van der Waals surface area contributed by atoms with Gasteiger partial charge in [0.1, 0.15) is 12.4 Å². The number of hydrogen-bond donors (Lipinski definition) is 1. The molecule has 0 aliphatic carbocycles. The van der Waals surface area contributed by atoms with Crippen molar-refractivity contribution in [2.24, 2.45) is 5.10 Å². The van der Waals surface area contributed by atoms with E-state index < -0.39 is 28.3 Å². The highest BCUT2D eigenvalue weighted by molar-refractivity contribution is 7.92. The number of anilines is 1. The second-order valence-corrected chi connectivity index (χ2v) is 9.53. The van der Waals surface area contributed by atoms with Crippen LogP contribution in [0, 0.1) is 12.7 Å². The van der Waals surface area contributed by atoms with Crippen LogP contribution in [-0.2, 0) is 21.2 Å². The molecule has 0 unspecified atom stereocenters. The summed E-state index contributed by atoms with van der Waals surface area (Å²) in [5.41, 5.74) is 5.38. The van der Waals surface area contributed by atoms with Crippen LogP contribution in [-0.4, -0.2) is 26.6 Å². The molecular weight excluding hydrogens is 441 g/mol. The van der Waals surface area contributed by atoms with E-state index in [9.17, 15) is 17.6 Å². The summed E-state index contributed by atoms with van der Waals surface area (Å²) in [6.45, 7) is 3.14. The van der Waals surface area contributed by atoms with Gasteiger partial charge in [-0.15, -0.1) is 0 Å². The molecule has 0 aromatic heterocycles. The van der Waals surface area contributed by atoms with Crippen LogP contribution in [0.2, 0.25) is 0 Å². The molecule has 0 atom stereocenters. The SMILES string of the molecule is C/C(CCc1ccccc1)=N/NC(=O)CN(c1ccc(F)cc1)S(=O)(=O)c1ccc(C)cc1. The molecule has 0 bridgehead atoms. The fourth-order valence-electron chi connectivity index (χ4n) is 3.11. The lowest BCUT2D eigenvalue weighted by atomic mass is 10.1. The third-order valence-electron chi connectivity index (χ3n) is 5.00. The Kier molecular flexibility index (Phi) is 7.95. The van der Waals surface area contributed by atoms with Gasteiger partial charge in [-0.25, -0.2) is 18.2 Å². The van der Waals surface area contributed by atoms with Crippen molar-refractivity contribution < 1.29 is 17.6 Å². The average Bonchev–Trinajstić information content (AvgIpc) is 2.81. The van der Waals surface area contributed by atoms with Crippen LogP contribution in [0.3, 0.4) is 0 Å². The Labute approximate surface area is 193 Å². The van der Waals surface area contributed by atoms with Crippen LogP contribution in [0.5, 0.6) is 0 Å². The molecule has 0 radical (unpaired) electrons. The second kappa shape index (κ2) is 10.9. The topological polar surface area (TPSA) is 78.8 Å². The molecule has 3 aromatic carbocycles. The molecule has 0 aliphatic rings. The van der Waals surface area contributed by atoms with Crippen LogP contribution < -0.4 is 9.73 Å². The van der Waals surface area contributed by atoms with Gasteiger partial charge in [-0.2, -0.15) is 5.10 Å². The van der Waals surface area contributed by atoms with Gasteiger partial charge >= 0.3 is 0 Å². The van der Waals surface area contributed by atoms with E-state index in [4.69, 9.17) is 0 Å². The molecule has 6 nitrogen and oxygen atoms in total. The Bertz CT molecular complexity index is 1210. The first kappa shape index (κ1) is 24.1. The van der Waals surface area contributed by atoms with Gasteiger partial charge in [0.2, 0.25) is 0 Å². The monoisotopic (exact) mass is 467 g/mol. The van der Waals surface area contributed by atoms with Crippen LogP contribution in [0.25, 0.3) is 0 Å². The number of rotatable bonds is 9. The van der Waals surface area contributed by atoms with Crippen LogP contribution in [0.1, 0.15) is 24.5 Å². The zero-order valence-corrected chi connectivity index (χ0v) is 19.3. The number of carbonyl (C=O) groups excluding carboxylic acids is 1. The van der Waals surface area contributed by atoms with E-state index in [2.05, 4.69) is 10.5 Å². The molecule has 0 aliphatic heterocycles. The maximum Gasteiger partial charge on any atom is 0.264 e. The standard InChI is InChI=1S/C25H26FN3O3S/c1-19-8-16-24(17-9-19)33(31,32)29(23-14-12-22(26)13-15-23)18-25(30)28-27-20(2)10-11-21-6-4-3-5-7-21/h3-9,12-17H,10-11,18H2,1-2H3,(H,28,30)/b27-20-. The van der Waals surface area contributed by atoms with E-state index in [1.165, 1.54) is 24.3 Å². The van der Waals surface area contributed by atoms with Crippen molar-refractivity contribution in [3.8, 4) is 0 Å². The summed E-state index contributed by atoms with van der Waals surface area (Å²) >= 11 is 0. The molecule has 8 heteroatoms. The first-order valence-electron chi connectivity index (χ1n) is 10.5. The van der Waals surface area contributed by atoms with E-state index >= 15 is 0 Å². The predicted octanol–water partition coefficient (Wildman–Crippen LogP) is 4.45. The van der Waals surface area contributed by atoms with Gasteiger partial charge in [-0.1, -0.05) is 48.0 Å². The van der Waals surface area contributed by atoms with Gasteiger partial charge in [0.25, 0.3) is 15.9 Å². The maximum absolute atomic E-state index is 13.4. The van der Waals surface area contributed by atoms with Gasteiger partial charge in [0, 0.05) is 5.71 Å². The molecule has 0 saturated heterocycles. The number of sulfonamides is 1. The summed E-state index contributed by atoms with van der Waals surface area (Å²) in [4.78, 5) is 12.6. The van der Waals surface area contributed by atoms with Crippen molar-refractivity contribution in [2.75, 3.05) is 10.8 Å². The third-order valence-corrected chi connectivity index (χ3v) is 6.79. The number of nitrogens with zero attached hydrogens (tertiary/aromatic N) is 2. The third kappa shape index (κ3) is 6.73. The van der Waals surface area contributed by atoms with Gasteiger partial charge in [-0.3, -0.25) is 9.10 Å². The molecule has 172 valence electrons. The molecule has 0 spiro atoms. The van der Waals surface area contributed by atoms with Gasteiger partial charge in [0.05, 0.1) is 10.6 Å². The lowest BCUT2D eigenvalue weighted by molar-refractivity contribution is -0.119. The zero-order valence-electron chi connectivity index (χ0n) is 18.5. The maximum atomic E-state index is 13.4.